The van der Waals surface area contributed by atoms with Gasteiger partial charge in [-0.1, -0.05) is 23.7 Å². The lowest BCUT2D eigenvalue weighted by molar-refractivity contribution is -0.385. The lowest BCUT2D eigenvalue weighted by atomic mass is 10.2. The van der Waals surface area contributed by atoms with E-state index >= 15 is 0 Å². The van der Waals surface area contributed by atoms with Gasteiger partial charge in [0.15, 0.2) is 11.4 Å². The number of halogens is 1. The Bertz CT molecular complexity index is 936. The molecule has 2 aromatic carbocycles. The Morgan fingerprint density at radius 3 is 2.76 bits per heavy atom. The van der Waals surface area contributed by atoms with Gasteiger partial charge in [-0.3, -0.25) is 10.1 Å². The van der Waals surface area contributed by atoms with Crippen molar-refractivity contribution in [1.82, 2.24) is 0 Å². The zero-order valence-electron chi connectivity index (χ0n) is 12.9. The first kappa shape index (κ1) is 16.7. The van der Waals surface area contributed by atoms with Crippen molar-refractivity contribution in [3.63, 3.8) is 0 Å². The molecule has 0 saturated carbocycles. The van der Waals surface area contributed by atoms with Crippen LogP contribution in [0.4, 0.5) is 5.69 Å². The van der Waals surface area contributed by atoms with Gasteiger partial charge in [-0.25, -0.2) is 9.79 Å². The largest absolute Gasteiger partial charge is 0.490 e. The van der Waals surface area contributed by atoms with Gasteiger partial charge < -0.3 is 9.47 Å². The summed E-state index contributed by atoms with van der Waals surface area (Å²) in [6.07, 6.45) is 1.53. The Hall–Kier alpha value is -3.19. The standard InChI is InChI=1S/C17H11ClN2O5/c1-24-15-6-5-11(9-14(15)20(22)23)16-19-13(17(21)25-16)8-10-3-2-4-12(18)7-10/h2-9H,1H3/b13-8-. The number of nitro groups is 1. The molecule has 0 aliphatic carbocycles. The van der Waals surface area contributed by atoms with Crippen molar-refractivity contribution in [2.45, 2.75) is 0 Å². The molecule has 25 heavy (non-hydrogen) atoms. The Labute approximate surface area is 147 Å². The topological polar surface area (TPSA) is 91.0 Å². The fourth-order valence-corrected chi connectivity index (χ4v) is 2.45. The third-order valence-electron chi connectivity index (χ3n) is 3.40. The summed E-state index contributed by atoms with van der Waals surface area (Å²) in [7, 11) is 1.33. The highest BCUT2D eigenvalue weighted by atomic mass is 35.5. The fraction of sp³-hybridized carbons (Fsp3) is 0.0588. The maximum atomic E-state index is 12.0. The van der Waals surface area contributed by atoms with Gasteiger partial charge in [0.2, 0.25) is 5.90 Å². The lowest BCUT2D eigenvalue weighted by Gasteiger charge is -2.03. The molecule has 0 bridgehead atoms. The van der Waals surface area contributed by atoms with Crippen molar-refractivity contribution in [3.05, 3.63) is 74.4 Å². The second kappa shape index (κ2) is 6.74. The zero-order valence-corrected chi connectivity index (χ0v) is 13.7. The number of carbonyl (C=O) groups excluding carboxylic acids is 1. The minimum absolute atomic E-state index is 0.0102. The van der Waals surface area contributed by atoms with Gasteiger partial charge in [-0.15, -0.1) is 0 Å². The molecular weight excluding hydrogens is 348 g/mol. The highest BCUT2D eigenvalue weighted by molar-refractivity contribution is 6.30. The van der Waals surface area contributed by atoms with Gasteiger partial charge in [0.05, 0.1) is 12.0 Å². The van der Waals surface area contributed by atoms with Crippen LogP contribution in [-0.4, -0.2) is 23.9 Å². The average molecular weight is 359 g/mol. The number of hydrogen-bond acceptors (Lipinski definition) is 6. The molecule has 0 amide bonds. The normalized spacial score (nSPS) is 15.0. The van der Waals surface area contributed by atoms with Crippen LogP contribution < -0.4 is 4.74 Å². The number of rotatable bonds is 4. The first-order valence-electron chi connectivity index (χ1n) is 7.09. The minimum Gasteiger partial charge on any atom is -0.490 e. The number of hydrogen-bond donors (Lipinski definition) is 0. The summed E-state index contributed by atoms with van der Waals surface area (Å²) in [5.74, 6) is -0.550. The van der Waals surface area contributed by atoms with Crippen LogP contribution in [0.25, 0.3) is 6.08 Å². The molecule has 0 saturated heterocycles. The molecule has 0 radical (unpaired) electrons. The molecule has 0 atom stereocenters. The molecule has 0 unspecified atom stereocenters. The maximum Gasteiger partial charge on any atom is 0.363 e. The summed E-state index contributed by atoms with van der Waals surface area (Å²) in [5.41, 5.74) is 0.822. The van der Waals surface area contributed by atoms with E-state index in [1.807, 2.05) is 0 Å². The number of carbonyl (C=O) groups is 1. The quantitative estimate of drug-likeness (QED) is 0.360. The molecule has 1 aliphatic heterocycles. The Morgan fingerprint density at radius 2 is 2.08 bits per heavy atom. The van der Waals surface area contributed by atoms with Crippen LogP contribution in [0.3, 0.4) is 0 Å². The summed E-state index contributed by atoms with van der Waals surface area (Å²) in [6.45, 7) is 0. The van der Waals surface area contributed by atoms with Crippen LogP contribution in [0.2, 0.25) is 5.02 Å². The van der Waals surface area contributed by atoms with Gasteiger partial charge >= 0.3 is 11.7 Å². The van der Waals surface area contributed by atoms with Crippen LogP contribution in [0, 0.1) is 10.1 Å². The highest BCUT2D eigenvalue weighted by Gasteiger charge is 2.26. The lowest BCUT2D eigenvalue weighted by Crippen LogP contribution is -2.06. The van der Waals surface area contributed by atoms with Crippen molar-refractivity contribution in [1.29, 1.82) is 0 Å². The van der Waals surface area contributed by atoms with E-state index < -0.39 is 10.9 Å². The smallest absolute Gasteiger partial charge is 0.363 e. The molecule has 0 aromatic heterocycles. The van der Waals surface area contributed by atoms with Crippen molar-refractivity contribution >= 4 is 35.2 Å². The molecule has 8 heteroatoms. The molecule has 126 valence electrons. The van der Waals surface area contributed by atoms with Gasteiger partial charge in [0, 0.05) is 16.7 Å². The summed E-state index contributed by atoms with van der Waals surface area (Å²) in [6, 6.07) is 11.1. The number of nitrogens with zero attached hydrogens (tertiary/aromatic N) is 2. The molecule has 1 aliphatic rings. The molecule has 7 nitrogen and oxygen atoms in total. The van der Waals surface area contributed by atoms with Gasteiger partial charge in [0.1, 0.15) is 0 Å². The number of ether oxygens (including phenoxy) is 2. The maximum absolute atomic E-state index is 12.0. The van der Waals surface area contributed by atoms with E-state index in [0.29, 0.717) is 16.1 Å². The van der Waals surface area contributed by atoms with Crippen molar-refractivity contribution in [3.8, 4) is 5.75 Å². The van der Waals surface area contributed by atoms with E-state index in [9.17, 15) is 14.9 Å². The Kier molecular flexibility index (Phi) is 4.49. The number of nitro benzene ring substituents is 1. The Balaban J connectivity index is 1.98. The third kappa shape index (κ3) is 3.51. The van der Waals surface area contributed by atoms with E-state index in [0.717, 1.165) is 0 Å². The van der Waals surface area contributed by atoms with E-state index in [1.165, 1.54) is 31.4 Å². The van der Waals surface area contributed by atoms with E-state index in [1.54, 1.807) is 24.3 Å². The number of benzene rings is 2. The predicted molar refractivity (Wildman–Crippen MR) is 91.7 cm³/mol. The van der Waals surface area contributed by atoms with E-state index in [-0.39, 0.29) is 23.0 Å². The predicted octanol–water partition coefficient (Wildman–Crippen LogP) is 3.60. The summed E-state index contributed by atoms with van der Waals surface area (Å²) in [4.78, 5) is 26.6. The average Bonchev–Trinajstić information content (AvgIpc) is 2.95. The first-order chi connectivity index (χ1) is 12.0. The van der Waals surface area contributed by atoms with Crippen LogP contribution in [0.15, 0.2) is 53.2 Å². The third-order valence-corrected chi connectivity index (χ3v) is 3.63. The number of methoxy groups -OCH3 is 1. The number of cyclic esters (lactones) is 1. The highest BCUT2D eigenvalue weighted by Crippen LogP contribution is 2.29. The minimum atomic E-state index is -0.645. The molecule has 0 fully saturated rings. The monoisotopic (exact) mass is 358 g/mol. The first-order valence-corrected chi connectivity index (χ1v) is 7.46. The number of aliphatic imine (C=N–C) groups is 1. The van der Waals surface area contributed by atoms with Crippen LogP contribution in [-0.2, 0) is 9.53 Å². The molecule has 1 heterocycles. The van der Waals surface area contributed by atoms with Crippen molar-refractivity contribution < 1.29 is 19.2 Å². The molecule has 2 aromatic rings. The van der Waals surface area contributed by atoms with Gasteiger partial charge in [-0.05, 0) is 35.9 Å². The van der Waals surface area contributed by atoms with Gasteiger partial charge in [0.25, 0.3) is 0 Å². The van der Waals surface area contributed by atoms with Crippen LogP contribution in [0.5, 0.6) is 5.75 Å². The van der Waals surface area contributed by atoms with Crippen LogP contribution >= 0.6 is 11.6 Å². The van der Waals surface area contributed by atoms with Crippen molar-refractivity contribution in [2.24, 2.45) is 4.99 Å². The summed E-state index contributed by atoms with van der Waals surface area (Å²) < 4.78 is 10.1. The molecule has 0 N–H and O–H groups in total. The summed E-state index contributed by atoms with van der Waals surface area (Å²) in [5, 5.41) is 11.6. The Morgan fingerprint density at radius 1 is 1.28 bits per heavy atom. The SMILES string of the molecule is COc1ccc(C2=N/C(=C\c3cccc(Cl)c3)C(=O)O2)cc1[N+](=O)[O-]. The zero-order chi connectivity index (χ0) is 18.0. The van der Waals surface area contributed by atoms with E-state index in [4.69, 9.17) is 21.1 Å². The molecule has 3 rings (SSSR count). The van der Waals surface area contributed by atoms with E-state index in [2.05, 4.69) is 4.99 Å². The van der Waals surface area contributed by atoms with Crippen molar-refractivity contribution in [2.75, 3.05) is 7.11 Å². The second-order valence-corrected chi connectivity index (χ2v) is 5.47. The number of esters is 1. The fourth-order valence-electron chi connectivity index (χ4n) is 2.25. The summed E-state index contributed by atoms with van der Waals surface area (Å²) >= 11 is 5.91. The molecular formula is C17H11ClN2O5. The second-order valence-electron chi connectivity index (χ2n) is 5.03. The van der Waals surface area contributed by atoms with Gasteiger partial charge in [-0.2, -0.15) is 0 Å². The van der Waals surface area contributed by atoms with Crippen LogP contribution in [0.1, 0.15) is 11.1 Å². The molecule has 0 spiro atoms.